The minimum absolute atomic E-state index is 0.0901. The molecule has 0 aliphatic rings. The number of methoxy groups -OCH3 is 1. The van der Waals surface area contributed by atoms with Crippen LogP contribution in [-0.2, 0) is 22.6 Å². The number of furan rings is 1. The molecule has 1 atom stereocenters. The smallest absolute Gasteiger partial charge is 0.129 e. The van der Waals surface area contributed by atoms with Crippen LogP contribution in [0.5, 0.6) is 0 Å². The summed E-state index contributed by atoms with van der Waals surface area (Å²) in [6, 6.07) is 2.02. The van der Waals surface area contributed by atoms with Crippen molar-refractivity contribution >= 4 is 0 Å². The predicted molar refractivity (Wildman–Crippen MR) is 62.2 cm³/mol. The van der Waals surface area contributed by atoms with Crippen LogP contribution < -0.4 is 5.32 Å². The molecule has 0 aliphatic heterocycles. The molecule has 1 unspecified atom stereocenters. The SMILES string of the molecule is CCNCc1coc(COC(C)COC)c1. The normalized spacial score (nSPS) is 12.9. The number of hydrogen-bond acceptors (Lipinski definition) is 4. The summed E-state index contributed by atoms with van der Waals surface area (Å²) in [5.41, 5.74) is 1.15. The third kappa shape index (κ3) is 4.79. The van der Waals surface area contributed by atoms with Gasteiger partial charge in [0.25, 0.3) is 0 Å². The summed E-state index contributed by atoms with van der Waals surface area (Å²) < 4.78 is 15.9. The zero-order chi connectivity index (χ0) is 11.8. The van der Waals surface area contributed by atoms with Gasteiger partial charge in [0.05, 0.1) is 19.0 Å². The summed E-state index contributed by atoms with van der Waals surface area (Å²) in [7, 11) is 1.67. The number of nitrogens with one attached hydrogen (secondary N) is 1. The molecule has 0 amide bonds. The van der Waals surface area contributed by atoms with Crippen LogP contribution in [0.25, 0.3) is 0 Å². The summed E-state index contributed by atoms with van der Waals surface area (Å²) in [5, 5.41) is 3.24. The Morgan fingerprint density at radius 3 is 3.00 bits per heavy atom. The topological polar surface area (TPSA) is 43.6 Å². The fraction of sp³-hybridized carbons (Fsp3) is 0.667. The third-order valence-corrected chi connectivity index (χ3v) is 2.20. The van der Waals surface area contributed by atoms with Gasteiger partial charge < -0.3 is 19.2 Å². The summed E-state index contributed by atoms with van der Waals surface area (Å²) in [4.78, 5) is 0. The Hall–Kier alpha value is -0.840. The van der Waals surface area contributed by atoms with E-state index in [4.69, 9.17) is 13.9 Å². The number of rotatable bonds is 8. The zero-order valence-electron chi connectivity index (χ0n) is 10.3. The van der Waals surface area contributed by atoms with Crippen molar-refractivity contribution in [1.29, 1.82) is 0 Å². The standard InChI is InChI=1S/C12H21NO3/c1-4-13-6-11-5-12(16-8-11)9-15-10(2)7-14-3/h5,8,10,13H,4,6-7,9H2,1-3H3. The molecule has 0 fully saturated rings. The van der Waals surface area contributed by atoms with E-state index in [9.17, 15) is 0 Å². The summed E-state index contributed by atoms with van der Waals surface area (Å²) in [6.07, 6.45) is 1.86. The molecule has 0 saturated heterocycles. The second kappa shape index (κ2) is 7.44. The van der Waals surface area contributed by atoms with Crippen LogP contribution in [0.2, 0.25) is 0 Å². The van der Waals surface area contributed by atoms with Gasteiger partial charge in [-0.2, -0.15) is 0 Å². The number of ether oxygens (including phenoxy) is 2. The molecule has 0 saturated carbocycles. The molecular weight excluding hydrogens is 206 g/mol. The van der Waals surface area contributed by atoms with Gasteiger partial charge in [0, 0.05) is 19.2 Å². The average Bonchev–Trinajstić information content (AvgIpc) is 2.72. The van der Waals surface area contributed by atoms with E-state index < -0.39 is 0 Å². The molecule has 0 aromatic carbocycles. The van der Waals surface area contributed by atoms with Crippen LogP contribution in [0.3, 0.4) is 0 Å². The van der Waals surface area contributed by atoms with E-state index in [0.29, 0.717) is 13.2 Å². The fourth-order valence-corrected chi connectivity index (χ4v) is 1.37. The van der Waals surface area contributed by atoms with E-state index >= 15 is 0 Å². The Morgan fingerprint density at radius 1 is 1.50 bits per heavy atom. The van der Waals surface area contributed by atoms with Crippen LogP contribution in [0, 0.1) is 0 Å². The second-order valence-corrected chi connectivity index (χ2v) is 3.78. The molecule has 0 bridgehead atoms. The quantitative estimate of drug-likeness (QED) is 0.737. The monoisotopic (exact) mass is 227 g/mol. The number of hydrogen-bond donors (Lipinski definition) is 1. The van der Waals surface area contributed by atoms with Gasteiger partial charge in [0.15, 0.2) is 0 Å². The first kappa shape index (κ1) is 13.2. The highest BCUT2D eigenvalue weighted by atomic mass is 16.5. The van der Waals surface area contributed by atoms with Gasteiger partial charge >= 0.3 is 0 Å². The molecule has 4 nitrogen and oxygen atoms in total. The van der Waals surface area contributed by atoms with Crippen LogP contribution in [0.1, 0.15) is 25.2 Å². The minimum atomic E-state index is 0.0901. The third-order valence-electron chi connectivity index (χ3n) is 2.20. The van der Waals surface area contributed by atoms with Crippen molar-refractivity contribution in [1.82, 2.24) is 5.32 Å². The Balaban J connectivity index is 2.28. The highest BCUT2D eigenvalue weighted by Gasteiger charge is 2.05. The molecule has 0 spiro atoms. The van der Waals surface area contributed by atoms with Gasteiger partial charge in [-0.25, -0.2) is 0 Å². The van der Waals surface area contributed by atoms with Gasteiger partial charge in [-0.1, -0.05) is 6.92 Å². The molecule has 4 heteroatoms. The van der Waals surface area contributed by atoms with Crippen molar-refractivity contribution in [2.24, 2.45) is 0 Å². The lowest BCUT2D eigenvalue weighted by Crippen LogP contribution is -2.14. The molecule has 0 radical (unpaired) electrons. The lowest BCUT2D eigenvalue weighted by atomic mass is 10.3. The second-order valence-electron chi connectivity index (χ2n) is 3.78. The van der Waals surface area contributed by atoms with Crippen molar-refractivity contribution in [3.8, 4) is 0 Å². The van der Waals surface area contributed by atoms with Crippen LogP contribution >= 0.6 is 0 Å². The first-order valence-electron chi connectivity index (χ1n) is 5.63. The Morgan fingerprint density at radius 2 is 2.31 bits per heavy atom. The highest BCUT2D eigenvalue weighted by Crippen LogP contribution is 2.10. The minimum Gasteiger partial charge on any atom is -0.467 e. The van der Waals surface area contributed by atoms with Gasteiger partial charge in [-0.05, 0) is 19.5 Å². The summed E-state index contributed by atoms with van der Waals surface area (Å²) in [5.74, 6) is 0.857. The lowest BCUT2D eigenvalue weighted by molar-refractivity contribution is -0.00635. The van der Waals surface area contributed by atoms with E-state index in [1.54, 1.807) is 13.4 Å². The van der Waals surface area contributed by atoms with E-state index in [0.717, 1.165) is 24.4 Å². The summed E-state index contributed by atoms with van der Waals surface area (Å²) >= 11 is 0. The highest BCUT2D eigenvalue weighted by molar-refractivity contribution is 5.11. The average molecular weight is 227 g/mol. The van der Waals surface area contributed by atoms with Gasteiger partial charge in [0.1, 0.15) is 12.4 Å². The largest absolute Gasteiger partial charge is 0.467 e. The molecular formula is C12H21NO3. The summed E-state index contributed by atoms with van der Waals surface area (Å²) in [6.45, 7) is 6.96. The van der Waals surface area contributed by atoms with Crippen molar-refractivity contribution in [2.45, 2.75) is 33.1 Å². The van der Waals surface area contributed by atoms with Crippen LogP contribution in [-0.4, -0.2) is 26.4 Å². The molecule has 1 heterocycles. The first-order valence-corrected chi connectivity index (χ1v) is 5.63. The van der Waals surface area contributed by atoms with Crippen molar-refractivity contribution in [2.75, 3.05) is 20.3 Å². The van der Waals surface area contributed by atoms with Gasteiger partial charge in [-0.3, -0.25) is 0 Å². The van der Waals surface area contributed by atoms with E-state index in [-0.39, 0.29) is 6.10 Å². The maximum atomic E-state index is 5.55. The molecule has 0 aliphatic carbocycles. The van der Waals surface area contributed by atoms with Crippen LogP contribution in [0.15, 0.2) is 16.7 Å². The molecule has 1 N–H and O–H groups in total. The van der Waals surface area contributed by atoms with E-state index in [1.165, 1.54) is 0 Å². The molecule has 1 rings (SSSR count). The van der Waals surface area contributed by atoms with E-state index in [1.807, 2.05) is 13.0 Å². The maximum Gasteiger partial charge on any atom is 0.129 e. The Labute approximate surface area is 96.9 Å². The first-order chi connectivity index (χ1) is 7.76. The lowest BCUT2D eigenvalue weighted by Gasteiger charge is -2.09. The van der Waals surface area contributed by atoms with Gasteiger partial charge in [-0.15, -0.1) is 0 Å². The van der Waals surface area contributed by atoms with Gasteiger partial charge in [0.2, 0.25) is 0 Å². The Kier molecular flexibility index (Phi) is 6.15. The molecule has 1 aromatic rings. The van der Waals surface area contributed by atoms with Crippen molar-refractivity contribution in [3.63, 3.8) is 0 Å². The maximum absolute atomic E-state index is 5.55. The Bertz CT molecular complexity index is 286. The van der Waals surface area contributed by atoms with Crippen molar-refractivity contribution < 1.29 is 13.9 Å². The van der Waals surface area contributed by atoms with E-state index in [2.05, 4.69) is 12.2 Å². The molecule has 92 valence electrons. The van der Waals surface area contributed by atoms with Crippen LogP contribution in [0.4, 0.5) is 0 Å². The molecule has 16 heavy (non-hydrogen) atoms. The predicted octanol–water partition coefficient (Wildman–Crippen LogP) is 1.94. The fourth-order valence-electron chi connectivity index (χ4n) is 1.37. The molecule has 1 aromatic heterocycles. The van der Waals surface area contributed by atoms with Crippen molar-refractivity contribution in [3.05, 3.63) is 23.7 Å². The zero-order valence-corrected chi connectivity index (χ0v) is 10.3.